The summed E-state index contributed by atoms with van der Waals surface area (Å²) in [4.78, 5) is 3.38. The summed E-state index contributed by atoms with van der Waals surface area (Å²) in [6.07, 6.45) is 1.15. The van der Waals surface area contributed by atoms with Crippen molar-refractivity contribution in [3.05, 3.63) is 23.8 Å². The predicted molar refractivity (Wildman–Crippen MR) is 96.8 cm³/mol. The van der Waals surface area contributed by atoms with Crippen LogP contribution in [0.2, 0.25) is 0 Å². The summed E-state index contributed by atoms with van der Waals surface area (Å²) in [5, 5.41) is 7.26. The molecule has 0 aliphatic carbocycles. The zero-order chi connectivity index (χ0) is 16.8. The summed E-state index contributed by atoms with van der Waals surface area (Å²) in [5.41, 5.74) is 1.13. The van der Waals surface area contributed by atoms with Gasteiger partial charge in [0.05, 0.1) is 13.6 Å². The molecular weight excluding hydrogens is 324 g/mol. The fraction of sp³-hybridized carbons (Fsp3) is 0.588. The van der Waals surface area contributed by atoms with Gasteiger partial charge < -0.3 is 29.9 Å². The quantitative estimate of drug-likeness (QED) is 0.359. The molecule has 6 nitrogen and oxygen atoms in total. The Bertz CT molecular complexity index is 562. The van der Waals surface area contributed by atoms with Crippen molar-refractivity contribution in [3.63, 3.8) is 0 Å². The van der Waals surface area contributed by atoms with Gasteiger partial charge in [0.15, 0.2) is 16.6 Å². The molecule has 0 unspecified atom stereocenters. The molecule has 1 aromatic rings. The van der Waals surface area contributed by atoms with Crippen molar-refractivity contribution in [2.24, 2.45) is 0 Å². The number of piperazine rings is 1. The average molecular weight is 353 g/mol. The summed E-state index contributed by atoms with van der Waals surface area (Å²) < 4.78 is 10.7. The smallest absolute Gasteiger partial charge is 0.231 e. The number of hydrogen-bond donors (Lipinski definition) is 4. The molecule has 0 radical (unpaired) electrons. The van der Waals surface area contributed by atoms with Crippen LogP contribution < -0.4 is 29.9 Å². The molecule has 3 rings (SSSR count). The largest absolute Gasteiger partial charge is 0.454 e. The molecule has 0 aromatic heterocycles. The maximum absolute atomic E-state index is 5.39. The summed E-state index contributed by atoms with van der Waals surface area (Å²) in [6, 6.07) is 5.97. The van der Waals surface area contributed by atoms with Crippen LogP contribution in [-0.2, 0) is 6.54 Å². The van der Waals surface area contributed by atoms with E-state index in [0.717, 1.165) is 30.0 Å². The number of thiocarbonyl (C=S) groups is 1. The molecule has 0 amide bonds. The number of fused-ring (bicyclic) bond motifs is 1. The average Bonchev–Trinajstić information content (AvgIpc) is 3.06. The number of hydrogen-bond acceptors (Lipinski definition) is 3. The monoisotopic (exact) mass is 352 g/mol. The van der Waals surface area contributed by atoms with E-state index in [1.165, 1.54) is 32.7 Å². The Hall–Kier alpha value is -1.57. The molecule has 2 aliphatic heterocycles. The Balaban J connectivity index is 1.29. The number of likely N-dealkylation sites (N-methyl/N-ethyl adjacent to an activating group) is 1. The highest BCUT2D eigenvalue weighted by Gasteiger charge is 2.18. The molecule has 0 atom stereocenters. The lowest BCUT2D eigenvalue weighted by Gasteiger charge is -2.27. The number of nitrogens with one attached hydrogen (secondary N) is 4. The van der Waals surface area contributed by atoms with Crippen molar-refractivity contribution in [3.8, 4) is 11.5 Å². The number of benzene rings is 1. The molecule has 0 bridgehead atoms. The normalized spacial score (nSPS) is 22.2. The van der Waals surface area contributed by atoms with E-state index in [1.54, 1.807) is 9.80 Å². The SMILES string of the molecule is C[NH+]1CC[NH+](CCCNC(=S)NCc2ccc3c(c2)OCO3)CC1. The van der Waals surface area contributed by atoms with Gasteiger partial charge in [0.2, 0.25) is 6.79 Å². The Morgan fingerprint density at radius 2 is 1.92 bits per heavy atom. The van der Waals surface area contributed by atoms with Crippen molar-refractivity contribution >= 4 is 17.3 Å². The fourth-order valence-electron chi connectivity index (χ4n) is 3.12. The molecule has 2 aliphatic rings. The zero-order valence-corrected chi connectivity index (χ0v) is 15.1. The van der Waals surface area contributed by atoms with E-state index in [9.17, 15) is 0 Å². The molecular formula is C17H28N4O2S+2. The minimum absolute atomic E-state index is 0.308. The van der Waals surface area contributed by atoms with Gasteiger partial charge in [0.25, 0.3) is 0 Å². The number of rotatable bonds is 6. The lowest BCUT2D eigenvalue weighted by atomic mass is 10.2. The highest BCUT2D eigenvalue weighted by atomic mass is 32.1. The second kappa shape index (κ2) is 8.50. The third kappa shape index (κ3) is 4.96. The van der Waals surface area contributed by atoms with Crippen LogP contribution in [0.1, 0.15) is 12.0 Å². The Labute approximate surface area is 149 Å². The zero-order valence-electron chi connectivity index (χ0n) is 14.3. The molecule has 24 heavy (non-hydrogen) atoms. The third-order valence-corrected chi connectivity index (χ3v) is 4.98. The van der Waals surface area contributed by atoms with E-state index in [4.69, 9.17) is 21.7 Å². The maximum Gasteiger partial charge on any atom is 0.231 e. The van der Waals surface area contributed by atoms with Crippen molar-refractivity contribution in [2.75, 3.05) is 53.1 Å². The second-order valence-corrected chi connectivity index (χ2v) is 7.02. The van der Waals surface area contributed by atoms with Crippen LogP contribution in [0, 0.1) is 0 Å². The van der Waals surface area contributed by atoms with Crippen LogP contribution >= 0.6 is 12.2 Å². The van der Waals surface area contributed by atoms with Gasteiger partial charge in [-0.2, -0.15) is 0 Å². The lowest BCUT2D eigenvalue weighted by molar-refractivity contribution is -1.00. The molecule has 1 aromatic carbocycles. The molecule has 1 fully saturated rings. The molecule has 0 saturated carbocycles. The van der Waals surface area contributed by atoms with Crippen molar-refractivity contribution < 1.29 is 19.3 Å². The van der Waals surface area contributed by atoms with Crippen LogP contribution in [0.5, 0.6) is 11.5 Å². The number of ether oxygens (including phenoxy) is 2. The summed E-state index contributed by atoms with van der Waals surface area (Å²) >= 11 is 5.35. The van der Waals surface area contributed by atoms with E-state index in [0.29, 0.717) is 18.5 Å². The number of quaternary nitrogens is 2. The highest BCUT2D eigenvalue weighted by molar-refractivity contribution is 7.80. The van der Waals surface area contributed by atoms with Crippen LogP contribution in [-0.4, -0.2) is 58.2 Å². The fourth-order valence-corrected chi connectivity index (χ4v) is 3.29. The van der Waals surface area contributed by atoms with Crippen LogP contribution in [0.15, 0.2) is 18.2 Å². The highest BCUT2D eigenvalue weighted by Crippen LogP contribution is 2.32. The minimum atomic E-state index is 0.308. The van der Waals surface area contributed by atoms with E-state index in [-0.39, 0.29) is 0 Å². The molecule has 2 heterocycles. The Morgan fingerprint density at radius 3 is 2.75 bits per heavy atom. The Morgan fingerprint density at radius 1 is 1.12 bits per heavy atom. The lowest BCUT2D eigenvalue weighted by Crippen LogP contribution is -3.27. The van der Waals surface area contributed by atoms with Gasteiger partial charge in [-0.15, -0.1) is 0 Å². The standard InChI is InChI=1S/C17H26N4O2S/c1-20-7-9-21(10-8-20)6-2-5-18-17(24)19-12-14-3-4-15-16(11-14)23-13-22-15/h3-4,11H,2,5-10,12-13H2,1H3,(H2,18,19,24)/p+2. The molecule has 7 heteroatoms. The summed E-state index contributed by atoms with van der Waals surface area (Å²) in [7, 11) is 2.28. The summed E-state index contributed by atoms with van der Waals surface area (Å²) in [6.45, 7) is 8.32. The van der Waals surface area contributed by atoms with Gasteiger partial charge >= 0.3 is 0 Å². The first-order valence-electron chi connectivity index (χ1n) is 8.76. The van der Waals surface area contributed by atoms with Crippen LogP contribution in [0.4, 0.5) is 0 Å². The van der Waals surface area contributed by atoms with Crippen molar-refractivity contribution in [1.82, 2.24) is 10.6 Å². The van der Waals surface area contributed by atoms with Gasteiger partial charge in [0, 0.05) is 19.5 Å². The van der Waals surface area contributed by atoms with E-state index in [2.05, 4.69) is 17.7 Å². The van der Waals surface area contributed by atoms with Crippen molar-refractivity contribution in [2.45, 2.75) is 13.0 Å². The first-order valence-corrected chi connectivity index (χ1v) is 9.16. The topological polar surface area (TPSA) is 51.4 Å². The van der Waals surface area contributed by atoms with E-state index >= 15 is 0 Å². The predicted octanol–water partition coefficient (Wildman–Crippen LogP) is -1.82. The van der Waals surface area contributed by atoms with E-state index in [1.807, 2.05) is 18.2 Å². The molecule has 132 valence electrons. The van der Waals surface area contributed by atoms with Gasteiger partial charge in [-0.25, -0.2) is 0 Å². The van der Waals surface area contributed by atoms with Gasteiger partial charge in [0.1, 0.15) is 26.2 Å². The molecule has 1 saturated heterocycles. The summed E-state index contributed by atoms with van der Waals surface area (Å²) in [5.74, 6) is 1.62. The van der Waals surface area contributed by atoms with Crippen LogP contribution in [0.25, 0.3) is 0 Å². The van der Waals surface area contributed by atoms with Gasteiger partial charge in [-0.1, -0.05) is 6.07 Å². The molecule has 4 N–H and O–H groups in total. The minimum Gasteiger partial charge on any atom is -0.454 e. The second-order valence-electron chi connectivity index (χ2n) is 6.61. The third-order valence-electron chi connectivity index (χ3n) is 4.69. The van der Waals surface area contributed by atoms with Gasteiger partial charge in [-0.05, 0) is 29.9 Å². The van der Waals surface area contributed by atoms with Gasteiger partial charge in [-0.3, -0.25) is 0 Å². The molecule has 0 spiro atoms. The maximum atomic E-state index is 5.39. The van der Waals surface area contributed by atoms with Crippen molar-refractivity contribution in [1.29, 1.82) is 0 Å². The first kappa shape index (κ1) is 17.3. The Kier molecular flexibility index (Phi) is 6.12. The first-order chi connectivity index (χ1) is 11.7. The van der Waals surface area contributed by atoms with Crippen LogP contribution in [0.3, 0.4) is 0 Å². The van der Waals surface area contributed by atoms with E-state index < -0.39 is 0 Å².